The average molecular weight is 726 g/mol. The van der Waals surface area contributed by atoms with E-state index in [1.165, 1.54) is 61.7 Å². The first-order valence-corrected chi connectivity index (χ1v) is 17.6. The van der Waals surface area contributed by atoms with E-state index in [9.17, 15) is 4.39 Å². The zero-order valence-electron chi connectivity index (χ0n) is 27.4. The molecule has 0 fully saturated rings. The van der Waals surface area contributed by atoms with Crippen LogP contribution in [0.2, 0.25) is 0 Å². The standard InChI is InChI=1S/C24H16BrN.C22H14FNO/c25-19-13-10-17(11-14-19)18-12-15-24-22(16-18)21-8-4-5-9-23(21)26(24)20-6-2-1-3-7-20;23-15-7-9-16(10-8-15)24-17-11-12-18-19-5-1-3-14-4-2-6-20(22(14)19)25-21(18)13-17/h1-16H;1-13,24H. The van der Waals surface area contributed by atoms with Crippen LogP contribution in [0.3, 0.4) is 0 Å². The summed E-state index contributed by atoms with van der Waals surface area (Å²) in [5.74, 6) is 1.45. The molecule has 0 saturated heterocycles. The number of benzene rings is 8. The molecule has 0 aliphatic carbocycles. The molecule has 10 rings (SSSR count). The molecule has 8 aromatic carbocycles. The van der Waals surface area contributed by atoms with Gasteiger partial charge in [0.05, 0.1) is 11.0 Å². The van der Waals surface area contributed by atoms with Crippen molar-refractivity contribution in [3.05, 3.63) is 186 Å². The number of halogens is 2. The second-order valence-corrected chi connectivity index (χ2v) is 13.4. The van der Waals surface area contributed by atoms with Gasteiger partial charge in [0.2, 0.25) is 0 Å². The van der Waals surface area contributed by atoms with Crippen molar-refractivity contribution in [2.45, 2.75) is 0 Å². The molecule has 0 spiro atoms. The maximum Gasteiger partial charge on any atom is 0.137 e. The van der Waals surface area contributed by atoms with Gasteiger partial charge in [-0.25, -0.2) is 4.39 Å². The van der Waals surface area contributed by atoms with Crippen LogP contribution in [0.15, 0.2) is 180 Å². The summed E-state index contributed by atoms with van der Waals surface area (Å²) in [5, 5.41) is 8.17. The van der Waals surface area contributed by atoms with Crippen LogP contribution < -0.4 is 10.1 Å². The van der Waals surface area contributed by atoms with Gasteiger partial charge in [-0.3, -0.25) is 0 Å². The van der Waals surface area contributed by atoms with Crippen molar-refractivity contribution in [2.24, 2.45) is 0 Å². The third kappa shape index (κ3) is 5.82. The van der Waals surface area contributed by atoms with E-state index in [1.54, 1.807) is 12.1 Å². The van der Waals surface area contributed by atoms with Crippen molar-refractivity contribution in [3.8, 4) is 39.4 Å². The molecule has 0 atom stereocenters. The van der Waals surface area contributed by atoms with Gasteiger partial charge in [-0.1, -0.05) is 101 Å². The van der Waals surface area contributed by atoms with Crippen molar-refractivity contribution < 1.29 is 9.13 Å². The molecule has 1 N–H and O–H groups in total. The van der Waals surface area contributed by atoms with Gasteiger partial charge in [-0.05, 0) is 107 Å². The summed E-state index contributed by atoms with van der Waals surface area (Å²) in [6, 6.07) is 59.2. The fourth-order valence-electron chi connectivity index (χ4n) is 6.99. The number of aromatic nitrogens is 1. The summed E-state index contributed by atoms with van der Waals surface area (Å²) in [6.07, 6.45) is 0. The fraction of sp³-hybridized carbons (Fsp3) is 0. The minimum Gasteiger partial charge on any atom is -0.456 e. The van der Waals surface area contributed by atoms with Crippen LogP contribution in [0.5, 0.6) is 11.5 Å². The molecule has 2 heterocycles. The summed E-state index contributed by atoms with van der Waals surface area (Å²) in [6.45, 7) is 0. The lowest BCUT2D eigenvalue weighted by molar-refractivity contribution is 0.487. The lowest BCUT2D eigenvalue weighted by Crippen LogP contribution is -1.98. The minimum absolute atomic E-state index is 0.246. The number of nitrogens with zero attached hydrogens (tertiary/aromatic N) is 1. The Kier molecular flexibility index (Phi) is 7.83. The molecule has 0 saturated carbocycles. The van der Waals surface area contributed by atoms with Crippen molar-refractivity contribution in [3.63, 3.8) is 0 Å². The highest BCUT2D eigenvalue weighted by atomic mass is 79.9. The first kappa shape index (κ1) is 30.9. The Morgan fingerprint density at radius 2 is 1.22 bits per heavy atom. The van der Waals surface area contributed by atoms with Gasteiger partial charge in [0, 0.05) is 49.3 Å². The van der Waals surface area contributed by atoms with Gasteiger partial charge in [0.15, 0.2) is 0 Å². The Balaban J connectivity index is 0.000000137. The number of rotatable bonds is 4. The average Bonchev–Trinajstić information content (AvgIpc) is 3.51. The van der Waals surface area contributed by atoms with Crippen molar-refractivity contribution in [1.29, 1.82) is 0 Å². The highest BCUT2D eigenvalue weighted by Gasteiger charge is 2.20. The molecule has 5 heteroatoms. The molecule has 244 valence electrons. The van der Waals surface area contributed by atoms with E-state index in [0.29, 0.717) is 0 Å². The van der Waals surface area contributed by atoms with Gasteiger partial charge in [0.1, 0.15) is 17.3 Å². The van der Waals surface area contributed by atoms with Crippen LogP contribution in [0.1, 0.15) is 0 Å². The largest absolute Gasteiger partial charge is 0.456 e. The van der Waals surface area contributed by atoms with Gasteiger partial charge in [0.25, 0.3) is 0 Å². The molecule has 1 aromatic heterocycles. The number of hydrogen-bond donors (Lipinski definition) is 1. The highest BCUT2D eigenvalue weighted by molar-refractivity contribution is 9.10. The normalized spacial score (nSPS) is 11.5. The third-order valence-electron chi connectivity index (χ3n) is 9.36. The first-order valence-electron chi connectivity index (χ1n) is 16.8. The van der Waals surface area contributed by atoms with Gasteiger partial charge >= 0.3 is 0 Å². The molecule has 0 radical (unpaired) electrons. The van der Waals surface area contributed by atoms with E-state index in [2.05, 4.69) is 153 Å². The predicted octanol–water partition coefficient (Wildman–Crippen LogP) is 13.7. The molecule has 1 aliphatic rings. The quantitative estimate of drug-likeness (QED) is 0.196. The van der Waals surface area contributed by atoms with Crippen LogP contribution in [-0.4, -0.2) is 4.57 Å². The third-order valence-corrected chi connectivity index (χ3v) is 9.88. The fourth-order valence-corrected chi connectivity index (χ4v) is 7.26. The topological polar surface area (TPSA) is 26.2 Å². The molecule has 1 aliphatic heterocycles. The first-order chi connectivity index (χ1) is 25.1. The molecule has 0 bridgehead atoms. The second-order valence-electron chi connectivity index (χ2n) is 12.5. The summed E-state index contributed by atoms with van der Waals surface area (Å²) >= 11 is 3.52. The van der Waals surface area contributed by atoms with E-state index >= 15 is 0 Å². The van der Waals surface area contributed by atoms with Gasteiger partial charge < -0.3 is 14.6 Å². The van der Waals surface area contributed by atoms with Crippen LogP contribution in [0.25, 0.3) is 60.5 Å². The summed E-state index contributed by atoms with van der Waals surface area (Å²) in [5.41, 5.74) is 10.1. The SMILES string of the molecule is Brc1ccc(-c2ccc3c(c2)c2ccccc2n3-c2ccccc2)cc1.Fc1ccc(Nc2ccc3c(c2)Oc2cccc4cccc-3c24)cc1. The number of ether oxygens (including phenoxy) is 1. The molecular weight excluding hydrogens is 695 g/mol. The summed E-state index contributed by atoms with van der Waals surface area (Å²) < 4.78 is 22.6. The Morgan fingerprint density at radius 3 is 2.04 bits per heavy atom. The molecule has 51 heavy (non-hydrogen) atoms. The maximum absolute atomic E-state index is 13.1. The molecule has 3 nitrogen and oxygen atoms in total. The van der Waals surface area contributed by atoms with E-state index in [-0.39, 0.29) is 5.82 Å². The summed E-state index contributed by atoms with van der Waals surface area (Å²) in [7, 11) is 0. The van der Waals surface area contributed by atoms with Crippen molar-refractivity contribution >= 4 is 59.9 Å². The van der Waals surface area contributed by atoms with Crippen LogP contribution in [0.4, 0.5) is 15.8 Å². The maximum atomic E-state index is 13.1. The van der Waals surface area contributed by atoms with Crippen LogP contribution in [0, 0.1) is 5.82 Å². The minimum atomic E-state index is -0.246. The van der Waals surface area contributed by atoms with Crippen molar-refractivity contribution in [1.82, 2.24) is 4.57 Å². The molecular formula is C46H30BrFN2O. The van der Waals surface area contributed by atoms with E-state index in [0.717, 1.165) is 38.3 Å². The number of anilines is 2. The lowest BCUT2D eigenvalue weighted by Gasteiger charge is -2.22. The second kappa shape index (κ2) is 12.9. The van der Waals surface area contributed by atoms with E-state index in [4.69, 9.17) is 4.74 Å². The summed E-state index contributed by atoms with van der Waals surface area (Å²) in [4.78, 5) is 0. The predicted molar refractivity (Wildman–Crippen MR) is 213 cm³/mol. The Labute approximate surface area is 303 Å². The zero-order chi connectivity index (χ0) is 34.3. The smallest absolute Gasteiger partial charge is 0.137 e. The van der Waals surface area contributed by atoms with Crippen LogP contribution in [-0.2, 0) is 0 Å². The van der Waals surface area contributed by atoms with E-state index < -0.39 is 0 Å². The van der Waals surface area contributed by atoms with Crippen LogP contribution >= 0.6 is 15.9 Å². The monoisotopic (exact) mass is 724 g/mol. The lowest BCUT2D eigenvalue weighted by atomic mass is 9.94. The zero-order valence-corrected chi connectivity index (χ0v) is 28.9. The Bertz CT molecular complexity index is 2700. The van der Waals surface area contributed by atoms with Gasteiger partial charge in [-0.15, -0.1) is 0 Å². The number of hydrogen-bond acceptors (Lipinski definition) is 2. The highest BCUT2D eigenvalue weighted by Crippen LogP contribution is 2.47. The molecule has 0 unspecified atom stereocenters. The number of nitrogens with one attached hydrogen (secondary N) is 1. The molecule has 0 amide bonds. The van der Waals surface area contributed by atoms with E-state index in [1.807, 2.05) is 24.3 Å². The Hall–Kier alpha value is -6.17. The van der Waals surface area contributed by atoms with Gasteiger partial charge in [-0.2, -0.15) is 0 Å². The number of fused-ring (bicyclic) bond motifs is 5. The number of para-hydroxylation sites is 2. The molecule has 9 aromatic rings. The van der Waals surface area contributed by atoms with Crippen molar-refractivity contribution in [2.75, 3.05) is 5.32 Å². The Morgan fingerprint density at radius 1 is 0.510 bits per heavy atom.